The van der Waals surface area contributed by atoms with Crippen LogP contribution in [0.15, 0.2) is 0 Å². The maximum absolute atomic E-state index is 12.9. The molecule has 4 atom stereocenters. The summed E-state index contributed by atoms with van der Waals surface area (Å²) in [7, 11) is 1.69. The number of aliphatic hydroxyl groups is 1. The second-order valence-electron chi connectivity index (χ2n) is 2.72. The van der Waals surface area contributed by atoms with Gasteiger partial charge in [-0.05, 0) is 6.42 Å². The van der Waals surface area contributed by atoms with Crippen LogP contribution in [0.25, 0.3) is 0 Å². The van der Waals surface area contributed by atoms with Crippen LogP contribution in [-0.4, -0.2) is 37.3 Å². The Kier molecular flexibility index (Phi) is 2.31. The number of ether oxygens (including phenoxy) is 1. The van der Waals surface area contributed by atoms with Crippen molar-refractivity contribution in [3.05, 3.63) is 0 Å². The highest BCUT2D eigenvalue weighted by atomic mass is 19.1. The molecule has 0 aromatic rings. The van der Waals surface area contributed by atoms with E-state index in [1.54, 1.807) is 7.85 Å². The SMILES string of the molecule is B[C@@H]1O[C@H](CC)[C@H](F)C1O. The molecule has 0 amide bonds. The molecule has 0 saturated carbocycles. The fourth-order valence-corrected chi connectivity index (χ4v) is 1.23. The minimum absolute atomic E-state index is 0.347. The monoisotopic (exact) mass is 146 g/mol. The van der Waals surface area contributed by atoms with Crippen molar-refractivity contribution in [2.45, 2.75) is 37.7 Å². The van der Waals surface area contributed by atoms with Gasteiger partial charge in [-0.3, -0.25) is 0 Å². The number of rotatable bonds is 1. The molecule has 1 unspecified atom stereocenters. The largest absolute Gasteiger partial charge is 0.388 e. The molecule has 1 aliphatic rings. The van der Waals surface area contributed by atoms with Gasteiger partial charge in [-0.25, -0.2) is 4.39 Å². The minimum atomic E-state index is -1.19. The molecule has 58 valence electrons. The van der Waals surface area contributed by atoms with Crippen LogP contribution in [0, 0.1) is 0 Å². The number of halogens is 1. The number of hydrogen-bond donors (Lipinski definition) is 1. The molecule has 1 aliphatic heterocycles. The molecule has 1 N–H and O–H groups in total. The van der Waals surface area contributed by atoms with E-state index >= 15 is 0 Å². The van der Waals surface area contributed by atoms with Crippen LogP contribution in [0.5, 0.6) is 0 Å². The number of hydrogen-bond acceptors (Lipinski definition) is 2. The Morgan fingerprint density at radius 1 is 1.70 bits per heavy atom. The van der Waals surface area contributed by atoms with Gasteiger partial charge in [0, 0.05) is 0 Å². The first-order chi connectivity index (χ1) is 4.66. The maximum Gasteiger partial charge on any atom is 0.154 e. The fraction of sp³-hybridized carbons (Fsp3) is 1.00. The second-order valence-corrected chi connectivity index (χ2v) is 2.72. The molecule has 0 radical (unpaired) electrons. The molecule has 0 aliphatic carbocycles. The summed E-state index contributed by atoms with van der Waals surface area (Å²) >= 11 is 0. The average molecular weight is 146 g/mol. The van der Waals surface area contributed by atoms with E-state index in [1.165, 1.54) is 0 Å². The zero-order valence-corrected chi connectivity index (χ0v) is 6.25. The lowest BCUT2D eigenvalue weighted by Gasteiger charge is -2.08. The van der Waals surface area contributed by atoms with Crippen LogP contribution in [0.4, 0.5) is 4.39 Å². The van der Waals surface area contributed by atoms with E-state index in [0.717, 1.165) is 0 Å². The summed E-state index contributed by atoms with van der Waals surface area (Å²) in [6.07, 6.45) is -1.89. The van der Waals surface area contributed by atoms with E-state index in [9.17, 15) is 4.39 Å². The second kappa shape index (κ2) is 2.88. The maximum atomic E-state index is 12.9. The van der Waals surface area contributed by atoms with Gasteiger partial charge in [0.05, 0.1) is 12.1 Å². The van der Waals surface area contributed by atoms with Crippen molar-refractivity contribution >= 4 is 7.85 Å². The molecule has 0 aromatic carbocycles. The van der Waals surface area contributed by atoms with Gasteiger partial charge in [-0.1, -0.05) is 6.92 Å². The van der Waals surface area contributed by atoms with Crippen LogP contribution >= 0.6 is 0 Å². The lowest BCUT2D eigenvalue weighted by atomic mass is 9.93. The van der Waals surface area contributed by atoms with E-state index in [4.69, 9.17) is 9.84 Å². The molecular formula is C6H12BFO2. The normalized spacial score (nSPS) is 47.9. The highest BCUT2D eigenvalue weighted by Crippen LogP contribution is 2.23. The Morgan fingerprint density at radius 3 is 2.50 bits per heavy atom. The standard InChI is InChI=1S/C6H12BFO2/c1-2-3-4(8)5(9)6(7)10-3/h3-6,9H,2,7H2,1H3/t3-,4+,5?,6-/m1/s1. The topological polar surface area (TPSA) is 29.5 Å². The lowest BCUT2D eigenvalue weighted by Crippen LogP contribution is -2.28. The van der Waals surface area contributed by atoms with Crippen LogP contribution < -0.4 is 0 Å². The lowest BCUT2D eigenvalue weighted by molar-refractivity contribution is 0.0553. The summed E-state index contributed by atoms with van der Waals surface area (Å²) < 4.78 is 18.0. The van der Waals surface area contributed by atoms with Gasteiger partial charge in [0.1, 0.15) is 14.0 Å². The molecule has 1 fully saturated rings. The van der Waals surface area contributed by atoms with Gasteiger partial charge in [0.2, 0.25) is 0 Å². The summed E-state index contributed by atoms with van der Waals surface area (Å²) in [6.45, 7) is 1.85. The van der Waals surface area contributed by atoms with E-state index in [1.807, 2.05) is 6.92 Å². The third-order valence-corrected chi connectivity index (χ3v) is 1.95. The fourth-order valence-electron chi connectivity index (χ4n) is 1.23. The highest BCUT2D eigenvalue weighted by Gasteiger charge is 2.40. The Morgan fingerprint density at radius 2 is 2.30 bits per heavy atom. The Balaban J connectivity index is 2.53. The summed E-state index contributed by atoms with van der Waals surface area (Å²) in [5.74, 6) is 0. The van der Waals surface area contributed by atoms with Crippen LogP contribution in [0.2, 0.25) is 0 Å². The number of aliphatic hydroxyl groups excluding tert-OH is 1. The smallest absolute Gasteiger partial charge is 0.154 e. The quantitative estimate of drug-likeness (QED) is 0.503. The Labute approximate surface area is 60.8 Å². The van der Waals surface area contributed by atoms with Crippen molar-refractivity contribution in [2.24, 2.45) is 0 Å². The molecule has 0 spiro atoms. The molecule has 0 aromatic heterocycles. The summed E-state index contributed by atoms with van der Waals surface area (Å²) in [6, 6.07) is -0.347. The van der Waals surface area contributed by atoms with Gasteiger partial charge in [-0.2, -0.15) is 0 Å². The van der Waals surface area contributed by atoms with Crippen LogP contribution in [0.3, 0.4) is 0 Å². The minimum Gasteiger partial charge on any atom is -0.388 e. The molecule has 1 saturated heterocycles. The first-order valence-electron chi connectivity index (χ1n) is 3.64. The molecule has 2 nitrogen and oxygen atoms in total. The molecule has 0 bridgehead atoms. The molecular weight excluding hydrogens is 134 g/mol. The van der Waals surface area contributed by atoms with Gasteiger partial charge < -0.3 is 9.84 Å². The third-order valence-electron chi connectivity index (χ3n) is 1.95. The zero-order valence-electron chi connectivity index (χ0n) is 6.25. The Bertz CT molecular complexity index is 122. The number of alkyl halides is 1. The van der Waals surface area contributed by atoms with Gasteiger partial charge in [0.25, 0.3) is 0 Å². The average Bonchev–Trinajstić information content (AvgIpc) is 2.17. The third kappa shape index (κ3) is 1.18. The Hall–Kier alpha value is -0.0851. The molecule has 1 rings (SSSR count). The van der Waals surface area contributed by atoms with Crippen molar-refractivity contribution < 1.29 is 14.2 Å². The van der Waals surface area contributed by atoms with E-state index < -0.39 is 18.4 Å². The van der Waals surface area contributed by atoms with E-state index in [0.29, 0.717) is 6.42 Å². The van der Waals surface area contributed by atoms with Gasteiger partial charge >= 0.3 is 0 Å². The van der Waals surface area contributed by atoms with Crippen LogP contribution in [0.1, 0.15) is 13.3 Å². The van der Waals surface area contributed by atoms with Gasteiger partial charge in [-0.15, -0.1) is 0 Å². The zero-order chi connectivity index (χ0) is 7.72. The molecule has 1 heterocycles. The van der Waals surface area contributed by atoms with Crippen molar-refractivity contribution in [3.8, 4) is 0 Å². The summed E-state index contributed by atoms with van der Waals surface area (Å²) in [5.41, 5.74) is 0. The van der Waals surface area contributed by atoms with Crippen molar-refractivity contribution in [2.75, 3.05) is 0 Å². The van der Waals surface area contributed by atoms with E-state index in [-0.39, 0.29) is 6.00 Å². The predicted octanol–water partition coefficient (Wildman–Crippen LogP) is -0.547. The van der Waals surface area contributed by atoms with Crippen LogP contribution in [-0.2, 0) is 4.74 Å². The van der Waals surface area contributed by atoms with Crippen molar-refractivity contribution in [1.29, 1.82) is 0 Å². The summed E-state index contributed by atoms with van der Waals surface area (Å²) in [4.78, 5) is 0. The highest BCUT2D eigenvalue weighted by molar-refractivity contribution is 6.11. The van der Waals surface area contributed by atoms with Crippen molar-refractivity contribution in [1.82, 2.24) is 0 Å². The molecule has 10 heavy (non-hydrogen) atoms. The summed E-state index contributed by atoms with van der Waals surface area (Å²) in [5, 5.41) is 9.07. The van der Waals surface area contributed by atoms with Gasteiger partial charge in [0.15, 0.2) is 6.17 Å². The van der Waals surface area contributed by atoms with Crippen molar-refractivity contribution in [3.63, 3.8) is 0 Å². The first-order valence-corrected chi connectivity index (χ1v) is 3.64. The van der Waals surface area contributed by atoms with E-state index in [2.05, 4.69) is 0 Å². The first kappa shape index (κ1) is 8.02. The predicted molar refractivity (Wildman–Crippen MR) is 38.4 cm³/mol. The molecule has 4 heteroatoms.